The number of anilines is 1. The Morgan fingerprint density at radius 1 is 1.08 bits per heavy atom. The molecule has 1 aromatic carbocycles. The van der Waals surface area contributed by atoms with Crippen LogP contribution in [0, 0.1) is 0 Å². The average Bonchev–Trinajstić information content (AvgIpc) is 2.95. The number of allylic oxidation sites excluding steroid dienone is 10. The number of rotatable bonds is 10. The molecular formula is C30H30BNO5. The molecule has 0 aromatic heterocycles. The van der Waals surface area contributed by atoms with Crippen molar-refractivity contribution in [3.05, 3.63) is 120 Å². The van der Waals surface area contributed by atoms with E-state index in [2.05, 4.69) is 13.2 Å². The molecule has 0 fully saturated rings. The van der Waals surface area contributed by atoms with Gasteiger partial charge in [0.15, 0.2) is 0 Å². The van der Waals surface area contributed by atoms with E-state index in [0.717, 1.165) is 4.90 Å². The first-order valence-corrected chi connectivity index (χ1v) is 11.7. The van der Waals surface area contributed by atoms with Crippen LogP contribution >= 0.6 is 0 Å². The first-order valence-electron chi connectivity index (χ1n) is 11.7. The molecule has 0 N–H and O–H groups in total. The van der Waals surface area contributed by atoms with Crippen LogP contribution in [0.3, 0.4) is 0 Å². The van der Waals surface area contributed by atoms with Gasteiger partial charge in [0.2, 0.25) is 0 Å². The zero-order valence-corrected chi connectivity index (χ0v) is 21.6. The molecule has 1 aliphatic rings. The fraction of sp³-hybridized carbons (Fsp3) is 0.133. The fourth-order valence-electron chi connectivity index (χ4n) is 3.51. The van der Waals surface area contributed by atoms with Crippen LogP contribution in [0.25, 0.3) is 0 Å². The summed E-state index contributed by atoms with van der Waals surface area (Å²) in [5, 5.41) is 0. The quantitative estimate of drug-likeness (QED) is 0.117. The number of nitrogens with zero attached hydrogens (tertiary/aromatic N) is 1. The average molecular weight is 495 g/mol. The lowest BCUT2D eigenvalue weighted by molar-refractivity contribution is -0.122. The molecule has 1 aromatic rings. The summed E-state index contributed by atoms with van der Waals surface area (Å²) in [6, 6.07) is 6.28. The summed E-state index contributed by atoms with van der Waals surface area (Å²) < 4.78 is 5.71. The molecule has 37 heavy (non-hydrogen) atoms. The van der Waals surface area contributed by atoms with Crippen LogP contribution in [-0.4, -0.2) is 30.4 Å². The molecule has 188 valence electrons. The maximum absolute atomic E-state index is 13.3. The summed E-state index contributed by atoms with van der Waals surface area (Å²) in [7, 11) is 0. The Hall–Kier alpha value is -4.52. The lowest BCUT2D eigenvalue weighted by atomic mass is 9.42. The topological polar surface area (TPSA) is 80.8 Å². The van der Waals surface area contributed by atoms with Crippen LogP contribution in [0.15, 0.2) is 120 Å². The molecular weight excluding hydrogens is 465 g/mol. The predicted molar refractivity (Wildman–Crippen MR) is 150 cm³/mol. The molecule has 0 saturated heterocycles. The lowest BCUT2D eigenvalue weighted by Gasteiger charge is -2.21. The molecule has 0 bridgehead atoms. The van der Waals surface area contributed by atoms with E-state index in [0.29, 0.717) is 34.3 Å². The Morgan fingerprint density at radius 3 is 2.41 bits per heavy atom. The maximum Gasteiger partial charge on any atom is 0.335 e. The van der Waals surface area contributed by atoms with Crippen molar-refractivity contribution in [1.29, 1.82) is 0 Å². The second-order valence-corrected chi connectivity index (χ2v) is 8.10. The summed E-state index contributed by atoms with van der Waals surface area (Å²) in [5.41, 5.74) is 1.45. The number of benzene rings is 1. The molecule has 0 atom stereocenters. The Balaban J connectivity index is 2.53. The smallest absolute Gasteiger partial charge is 0.335 e. The molecule has 6 nitrogen and oxygen atoms in total. The molecule has 1 heterocycles. The van der Waals surface area contributed by atoms with E-state index < -0.39 is 24.2 Å². The minimum Gasteiger partial charge on any atom is -0.458 e. The SMILES string of the molecule is C=C/C(=C\C)OC1=C/C=C(\C)C(=O)N(c2cccc(B(C=O)C(=O)C(/C=C\C)=C(\C)C=C)c2)C(=O)\C=C\1. The van der Waals surface area contributed by atoms with Crippen molar-refractivity contribution in [2.75, 3.05) is 4.90 Å². The van der Waals surface area contributed by atoms with Crippen LogP contribution in [0.2, 0.25) is 0 Å². The molecule has 0 unspecified atom stereocenters. The third-order valence-corrected chi connectivity index (χ3v) is 5.61. The zero-order chi connectivity index (χ0) is 27.5. The van der Waals surface area contributed by atoms with Gasteiger partial charge < -0.3 is 14.3 Å². The zero-order valence-electron chi connectivity index (χ0n) is 21.6. The largest absolute Gasteiger partial charge is 0.458 e. The van der Waals surface area contributed by atoms with Gasteiger partial charge in [-0.25, -0.2) is 4.90 Å². The highest BCUT2D eigenvalue weighted by atomic mass is 16.5. The molecule has 2 amide bonds. The van der Waals surface area contributed by atoms with Gasteiger partial charge in [-0.05, 0) is 69.7 Å². The van der Waals surface area contributed by atoms with E-state index in [1.165, 1.54) is 24.3 Å². The third-order valence-electron chi connectivity index (χ3n) is 5.61. The number of carbonyl (C=O) groups is 4. The lowest BCUT2D eigenvalue weighted by Crippen LogP contribution is -2.43. The number of imide groups is 1. The van der Waals surface area contributed by atoms with Gasteiger partial charge in [-0.2, -0.15) is 0 Å². The van der Waals surface area contributed by atoms with Crippen LogP contribution < -0.4 is 10.4 Å². The highest BCUT2D eigenvalue weighted by Gasteiger charge is 2.30. The van der Waals surface area contributed by atoms with Crippen LogP contribution in [-0.2, 0) is 23.9 Å². The second kappa shape index (κ2) is 13.5. The van der Waals surface area contributed by atoms with Gasteiger partial charge in [0, 0.05) is 17.2 Å². The first-order chi connectivity index (χ1) is 17.7. The number of hydrogen-bond acceptors (Lipinski definition) is 5. The summed E-state index contributed by atoms with van der Waals surface area (Å²) >= 11 is 0. The molecule has 7 heteroatoms. The van der Waals surface area contributed by atoms with E-state index in [4.69, 9.17) is 4.74 Å². The molecule has 0 spiro atoms. The number of amides is 2. The van der Waals surface area contributed by atoms with Crippen molar-refractivity contribution in [3.8, 4) is 0 Å². The standard InChI is InChI=1S/C30H30BNO5/c1-7-12-27(21(5)8-2)29(35)31(20-33)23-13-11-14-24(19-23)32-28(34)18-17-26(37-25(9-3)10-4)16-15-22(6)30(32)36/h7-20H,2-3H2,1,4-6H3/b12-7-,18-17+,22-15+,25-10+,26-16+,27-21+. The predicted octanol–water partition coefficient (Wildman–Crippen LogP) is 4.71. The molecule has 0 aliphatic carbocycles. The van der Waals surface area contributed by atoms with Crippen molar-refractivity contribution < 1.29 is 23.9 Å². The van der Waals surface area contributed by atoms with Gasteiger partial charge in [0.1, 0.15) is 17.2 Å². The van der Waals surface area contributed by atoms with Crippen molar-refractivity contribution in [1.82, 2.24) is 0 Å². The highest BCUT2D eigenvalue weighted by Crippen LogP contribution is 2.20. The Labute approximate surface area is 218 Å². The normalized spacial score (nSPS) is 18.8. The van der Waals surface area contributed by atoms with E-state index in [1.807, 2.05) is 0 Å². The van der Waals surface area contributed by atoms with Gasteiger partial charge in [0.05, 0.1) is 11.9 Å². The van der Waals surface area contributed by atoms with E-state index in [9.17, 15) is 19.2 Å². The van der Waals surface area contributed by atoms with Crippen molar-refractivity contribution in [2.24, 2.45) is 0 Å². The fourth-order valence-corrected chi connectivity index (χ4v) is 3.51. The molecule has 0 radical (unpaired) electrons. The van der Waals surface area contributed by atoms with Gasteiger partial charge in [-0.3, -0.25) is 9.59 Å². The van der Waals surface area contributed by atoms with E-state index in [-0.39, 0.29) is 11.3 Å². The minimum atomic E-state index is -1.13. The Morgan fingerprint density at radius 2 is 1.81 bits per heavy atom. The Kier molecular flexibility index (Phi) is 10.5. The molecule has 1 aliphatic heterocycles. The van der Waals surface area contributed by atoms with Gasteiger partial charge in [0.25, 0.3) is 11.8 Å². The Bertz CT molecular complexity index is 1310. The number of hydrogen-bond donors (Lipinski definition) is 0. The van der Waals surface area contributed by atoms with E-state index in [1.54, 1.807) is 82.4 Å². The monoisotopic (exact) mass is 495 g/mol. The molecule has 0 saturated carbocycles. The van der Waals surface area contributed by atoms with Crippen LogP contribution in [0.4, 0.5) is 5.69 Å². The van der Waals surface area contributed by atoms with Gasteiger partial charge >= 0.3 is 6.71 Å². The van der Waals surface area contributed by atoms with Crippen LogP contribution in [0.5, 0.6) is 0 Å². The van der Waals surface area contributed by atoms with Crippen LogP contribution in [0.1, 0.15) is 27.7 Å². The second-order valence-electron chi connectivity index (χ2n) is 8.10. The third kappa shape index (κ3) is 7.01. The summed E-state index contributed by atoms with van der Waals surface area (Å²) in [6.07, 6.45) is 14.5. The minimum absolute atomic E-state index is 0.228. The molecule has 2 rings (SSSR count). The van der Waals surface area contributed by atoms with E-state index >= 15 is 0 Å². The van der Waals surface area contributed by atoms with Crippen molar-refractivity contribution >= 4 is 41.5 Å². The van der Waals surface area contributed by atoms with Crippen molar-refractivity contribution in [3.63, 3.8) is 0 Å². The van der Waals surface area contributed by atoms with Crippen molar-refractivity contribution in [2.45, 2.75) is 27.7 Å². The van der Waals surface area contributed by atoms with Gasteiger partial charge in [-0.15, -0.1) is 0 Å². The number of carbonyl (C=O) groups excluding carboxylic acids is 4. The maximum atomic E-state index is 13.3. The summed E-state index contributed by atoms with van der Waals surface area (Å²) in [5.74, 6) is -0.327. The number of ether oxygens (including phenoxy) is 1. The highest BCUT2D eigenvalue weighted by molar-refractivity contribution is 7.17. The van der Waals surface area contributed by atoms with Gasteiger partial charge in [-0.1, -0.05) is 55.1 Å². The first kappa shape index (κ1) is 28.7. The summed E-state index contributed by atoms with van der Waals surface area (Å²) in [4.78, 5) is 52.7. The summed E-state index contributed by atoms with van der Waals surface area (Å²) in [6.45, 7) is 13.1.